The lowest BCUT2D eigenvalue weighted by atomic mass is 10.1. The van der Waals surface area contributed by atoms with E-state index in [2.05, 4.69) is 27.0 Å². The predicted octanol–water partition coefficient (Wildman–Crippen LogP) is 1.91. The number of nitrogens with two attached hydrogens (primary N) is 1. The van der Waals surface area contributed by atoms with Crippen molar-refractivity contribution in [3.05, 3.63) is 47.4 Å². The number of fused-ring (bicyclic) bond motifs is 1. The first-order valence-electron chi connectivity index (χ1n) is 11.4. The van der Waals surface area contributed by atoms with Crippen LogP contribution >= 0.6 is 11.6 Å². The van der Waals surface area contributed by atoms with Gasteiger partial charge in [-0.1, -0.05) is 24.2 Å². The molecule has 0 radical (unpaired) electrons. The number of amides is 3. The number of likely N-dealkylation sites (tertiary alicyclic amines) is 1. The summed E-state index contributed by atoms with van der Waals surface area (Å²) in [4.78, 5) is 49.1. The SMILES string of the molecule is C=CC(=O)N1CCC(n2nc(C(=O)Nc3ccc(CC(=O)N(C)C)c(Cl)c3OC)c3c(N)ncnc32)C1. The average Bonchev–Trinajstić information content (AvgIpc) is 3.51. The summed E-state index contributed by atoms with van der Waals surface area (Å²) in [6.07, 6.45) is 3.27. The van der Waals surface area contributed by atoms with Gasteiger partial charge in [0, 0.05) is 27.2 Å². The fourth-order valence-corrected chi connectivity index (χ4v) is 4.52. The largest absolute Gasteiger partial charge is 0.493 e. The van der Waals surface area contributed by atoms with Crippen molar-refractivity contribution in [3.63, 3.8) is 0 Å². The molecule has 0 spiro atoms. The third-order valence-electron chi connectivity index (χ3n) is 6.20. The minimum atomic E-state index is -0.575. The van der Waals surface area contributed by atoms with E-state index in [1.165, 1.54) is 24.4 Å². The van der Waals surface area contributed by atoms with Gasteiger partial charge in [0.25, 0.3) is 5.91 Å². The molecule has 3 amide bonds. The van der Waals surface area contributed by atoms with Crippen molar-refractivity contribution in [1.82, 2.24) is 29.5 Å². The van der Waals surface area contributed by atoms with Gasteiger partial charge >= 0.3 is 0 Å². The summed E-state index contributed by atoms with van der Waals surface area (Å²) in [6, 6.07) is 3.05. The quantitative estimate of drug-likeness (QED) is 0.443. The number of carbonyl (C=O) groups excluding carboxylic acids is 3. The van der Waals surface area contributed by atoms with Crippen LogP contribution in [-0.4, -0.2) is 81.6 Å². The Balaban J connectivity index is 1.67. The van der Waals surface area contributed by atoms with Gasteiger partial charge in [-0.05, 0) is 24.1 Å². The van der Waals surface area contributed by atoms with E-state index in [9.17, 15) is 14.4 Å². The minimum absolute atomic E-state index is 0.0200. The van der Waals surface area contributed by atoms with Gasteiger partial charge in [0.15, 0.2) is 17.1 Å². The Morgan fingerprint density at radius 2 is 2.08 bits per heavy atom. The molecule has 13 heteroatoms. The van der Waals surface area contributed by atoms with Crippen LogP contribution in [0.5, 0.6) is 5.75 Å². The van der Waals surface area contributed by atoms with Gasteiger partial charge in [0.1, 0.15) is 12.1 Å². The number of carbonyl (C=O) groups is 3. The van der Waals surface area contributed by atoms with Crippen molar-refractivity contribution < 1.29 is 19.1 Å². The summed E-state index contributed by atoms with van der Waals surface area (Å²) in [5.41, 5.74) is 7.38. The third-order valence-corrected chi connectivity index (χ3v) is 6.61. The summed E-state index contributed by atoms with van der Waals surface area (Å²) in [7, 11) is 4.73. The van der Waals surface area contributed by atoms with Crippen molar-refractivity contribution >= 4 is 51.9 Å². The van der Waals surface area contributed by atoms with Crippen molar-refractivity contribution in [2.24, 2.45) is 0 Å². The smallest absolute Gasteiger partial charge is 0.277 e. The predicted molar refractivity (Wildman–Crippen MR) is 139 cm³/mol. The molecule has 1 atom stereocenters. The van der Waals surface area contributed by atoms with Crippen LogP contribution in [0.15, 0.2) is 31.1 Å². The Hall–Kier alpha value is -4.19. The van der Waals surface area contributed by atoms with E-state index in [-0.39, 0.29) is 46.6 Å². The molecule has 194 valence electrons. The summed E-state index contributed by atoms with van der Waals surface area (Å²) in [6.45, 7) is 4.45. The van der Waals surface area contributed by atoms with Gasteiger partial charge in [0.05, 0.1) is 35.7 Å². The number of anilines is 2. The van der Waals surface area contributed by atoms with Crippen LogP contribution in [0.2, 0.25) is 5.02 Å². The number of hydrogen-bond acceptors (Lipinski definition) is 8. The van der Waals surface area contributed by atoms with Crippen LogP contribution in [0.4, 0.5) is 11.5 Å². The average molecular weight is 527 g/mol. The lowest BCUT2D eigenvalue weighted by molar-refractivity contribution is -0.128. The van der Waals surface area contributed by atoms with Gasteiger partial charge in [-0.2, -0.15) is 5.10 Å². The van der Waals surface area contributed by atoms with Crippen LogP contribution in [0.25, 0.3) is 11.0 Å². The van der Waals surface area contributed by atoms with E-state index in [1.807, 2.05) is 0 Å². The highest BCUT2D eigenvalue weighted by Gasteiger charge is 2.31. The number of rotatable bonds is 7. The van der Waals surface area contributed by atoms with E-state index >= 15 is 0 Å². The van der Waals surface area contributed by atoms with Crippen molar-refractivity contribution in [2.45, 2.75) is 18.9 Å². The van der Waals surface area contributed by atoms with Gasteiger partial charge in [-0.15, -0.1) is 0 Å². The number of benzene rings is 1. The third kappa shape index (κ3) is 4.92. The van der Waals surface area contributed by atoms with Gasteiger partial charge in [0.2, 0.25) is 11.8 Å². The summed E-state index contributed by atoms with van der Waals surface area (Å²) in [5.74, 6) is -0.574. The van der Waals surface area contributed by atoms with Crippen LogP contribution in [0.3, 0.4) is 0 Å². The Morgan fingerprint density at radius 3 is 2.76 bits per heavy atom. The molecule has 1 fully saturated rings. The molecule has 0 bridgehead atoms. The molecule has 3 heterocycles. The monoisotopic (exact) mass is 526 g/mol. The van der Waals surface area contributed by atoms with Gasteiger partial charge in [-0.3, -0.25) is 14.4 Å². The first-order chi connectivity index (χ1) is 17.7. The normalized spacial score (nSPS) is 15.0. The lowest BCUT2D eigenvalue weighted by Crippen LogP contribution is -2.27. The van der Waals surface area contributed by atoms with E-state index in [4.69, 9.17) is 22.1 Å². The molecule has 1 aliphatic heterocycles. The maximum absolute atomic E-state index is 13.4. The number of nitrogens with zero attached hydrogens (tertiary/aromatic N) is 6. The van der Waals surface area contributed by atoms with Crippen LogP contribution in [0, 0.1) is 0 Å². The molecular weight excluding hydrogens is 500 g/mol. The molecule has 1 unspecified atom stereocenters. The Labute approximate surface area is 218 Å². The molecule has 3 aromatic rings. The molecule has 4 rings (SSSR count). The molecule has 1 aliphatic rings. The standard InChI is InChI=1S/C24H27ClN8O4/c1-5-16(34)32-9-8-14(11-32)33-23-18(22(26)27-12-28-23)20(30-33)24(36)29-15-7-6-13(10-17(35)31(2)3)19(25)21(15)37-4/h5-7,12,14H,1,8-11H2,2-4H3,(H,29,36)(H2,26,27,28). The Kier molecular flexibility index (Phi) is 7.30. The molecule has 0 saturated carbocycles. The van der Waals surface area contributed by atoms with Gasteiger partial charge in [-0.25, -0.2) is 14.6 Å². The van der Waals surface area contributed by atoms with E-state index < -0.39 is 5.91 Å². The number of methoxy groups -OCH3 is 1. The number of ether oxygens (including phenoxy) is 1. The highest BCUT2D eigenvalue weighted by atomic mass is 35.5. The number of likely N-dealkylation sites (N-methyl/N-ethyl adjacent to an activating group) is 1. The second-order valence-corrected chi connectivity index (χ2v) is 9.10. The van der Waals surface area contributed by atoms with E-state index in [0.29, 0.717) is 41.8 Å². The highest BCUT2D eigenvalue weighted by molar-refractivity contribution is 6.33. The van der Waals surface area contributed by atoms with Crippen LogP contribution in [0.1, 0.15) is 28.5 Å². The Morgan fingerprint density at radius 1 is 1.32 bits per heavy atom. The molecular formula is C24H27ClN8O4. The first kappa shape index (κ1) is 25.9. The number of hydrogen-bond donors (Lipinski definition) is 2. The van der Waals surface area contributed by atoms with E-state index in [0.717, 1.165) is 0 Å². The van der Waals surface area contributed by atoms with E-state index in [1.54, 1.807) is 35.8 Å². The zero-order chi connectivity index (χ0) is 26.9. The second-order valence-electron chi connectivity index (χ2n) is 8.72. The number of nitrogen functional groups attached to an aromatic ring is 1. The van der Waals surface area contributed by atoms with Crippen molar-refractivity contribution in [2.75, 3.05) is 45.3 Å². The lowest BCUT2D eigenvalue weighted by Gasteiger charge is -2.16. The second kappa shape index (κ2) is 10.4. The zero-order valence-electron chi connectivity index (χ0n) is 20.7. The molecule has 37 heavy (non-hydrogen) atoms. The zero-order valence-corrected chi connectivity index (χ0v) is 21.4. The highest BCUT2D eigenvalue weighted by Crippen LogP contribution is 2.37. The topological polar surface area (TPSA) is 149 Å². The number of aromatic nitrogens is 4. The molecule has 0 aliphatic carbocycles. The fraction of sp³-hybridized carbons (Fsp3) is 0.333. The summed E-state index contributed by atoms with van der Waals surface area (Å²) >= 11 is 6.51. The number of halogens is 1. The molecule has 1 saturated heterocycles. The molecule has 3 N–H and O–H groups in total. The van der Waals surface area contributed by atoms with Crippen LogP contribution in [-0.2, 0) is 16.0 Å². The number of nitrogens with one attached hydrogen (secondary N) is 1. The maximum Gasteiger partial charge on any atom is 0.277 e. The molecule has 12 nitrogen and oxygen atoms in total. The minimum Gasteiger partial charge on any atom is -0.493 e. The van der Waals surface area contributed by atoms with Crippen molar-refractivity contribution in [3.8, 4) is 5.75 Å². The molecule has 2 aromatic heterocycles. The Bertz CT molecular complexity index is 1400. The fourth-order valence-electron chi connectivity index (χ4n) is 4.21. The molecule has 1 aromatic carbocycles. The van der Waals surface area contributed by atoms with Crippen molar-refractivity contribution in [1.29, 1.82) is 0 Å². The summed E-state index contributed by atoms with van der Waals surface area (Å²) in [5, 5.41) is 7.82. The van der Waals surface area contributed by atoms with Crippen LogP contribution < -0.4 is 15.8 Å². The summed E-state index contributed by atoms with van der Waals surface area (Å²) < 4.78 is 7.06. The van der Waals surface area contributed by atoms with Gasteiger partial charge < -0.3 is 25.6 Å². The first-order valence-corrected chi connectivity index (χ1v) is 11.8. The maximum atomic E-state index is 13.4.